The molecule has 9 rings (SSSR count). The minimum absolute atomic E-state index is 0.613. The molecule has 0 amide bonds. The average Bonchev–Trinajstić information content (AvgIpc) is 3.51. The summed E-state index contributed by atoms with van der Waals surface area (Å²) in [7, 11) is 0. The summed E-state index contributed by atoms with van der Waals surface area (Å²) in [6, 6.07) is 47.4. The maximum atomic E-state index is 6.61. The molecule has 9 aromatic rings. The molecule has 0 radical (unpaired) electrons. The predicted octanol–water partition coefficient (Wildman–Crippen LogP) is 10.1. The predicted molar refractivity (Wildman–Crippen MR) is 182 cm³/mol. The van der Waals surface area contributed by atoms with Crippen LogP contribution in [-0.4, -0.2) is 19.9 Å². The van der Waals surface area contributed by atoms with Crippen LogP contribution in [0.5, 0.6) is 0 Å². The van der Waals surface area contributed by atoms with Crippen molar-refractivity contribution in [3.63, 3.8) is 0 Å². The number of hydrogen-bond acceptors (Lipinski definition) is 5. The number of benzene rings is 6. The van der Waals surface area contributed by atoms with Gasteiger partial charge in [-0.05, 0) is 46.7 Å². The van der Waals surface area contributed by atoms with Crippen LogP contribution >= 0.6 is 0 Å². The van der Waals surface area contributed by atoms with Gasteiger partial charge in [0, 0.05) is 39.2 Å². The van der Waals surface area contributed by atoms with Crippen molar-refractivity contribution in [2.24, 2.45) is 0 Å². The maximum absolute atomic E-state index is 6.61. The van der Waals surface area contributed by atoms with Crippen molar-refractivity contribution in [3.05, 3.63) is 146 Å². The Morgan fingerprint density at radius 3 is 1.84 bits per heavy atom. The van der Waals surface area contributed by atoms with Crippen LogP contribution in [0.3, 0.4) is 0 Å². The van der Waals surface area contributed by atoms with E-state index in [2.05, 4.69) is 66.7 Å². The van der Waals surface area contributed by atoms with E-state index in [0.29, 0.717) is 17.5 Å². The van der Waals surface area contributed by atoms with E-state index in [0.717, 1.165) is 71.4 Å². The van der Waals surface area contributed by atoms with E-state index in [9.17, 15) is 0 Å². The Balaban J connectivity index is 1.31. The fourth-order valence-corrected chi connectivity index (χ4v) is 6.24. The SMILES string of the molecule is c1ccc(-c2nc(-c3ccccc3)nc(-c3cc(-c4cccc5c4oc4ccc6cccnc6c45)c4ccccc4c3)n2)cc1. The monoisotopic (exact) mass is 576 g/mol. The quantitative estimate of drug-likeness (QED) is 0.209. The van der Waals surface area contributed by atoms with E-state index in [1.54, 1.807) is 0 Å². The lowest BCUT2D eigenvalue weighted by atomic mass is 9.94. The summed E-state index contributed by atoms with van der Waals surface area (Å²) >= 11 is 0. The van der Waals surface area contributed by atoms with Gasteiger partial charge in [-0.3, -0.25) is 4.98 Å². The van der Waals surface area contributed by atoms with E-state index in [4.69, 9.17) is 24.4 Å². The number of para-hydroxylation sites is 1. The van der Waals surface area contributed by atoms with Crippen molar-refractivity contribution >= 4 is 43.6 Å². The summed E-state index contributed by atoms with van der Waals surface area (Å²) in [6.45, 7) is 0. The zero-order valence-corrected chi connectivity index (χ0v) is 24.1. The first-order valence-corrected chi connectivity index (χ1v) is 14.9. The number of fused-ring (bicyclic) bond motifs is 6. The number of furan rings is 1. The fourth-order valence-electron chi connectivity index (χ4n) is 6.24. The Labute approximate surface area is 258 Å². The first-order valence-electron chi connectivity index (χ1n) is 14.9. The lowest BCUT2D eigenvalue weighted by Crippen LogP contribution is -2.00. The molecule has 0 aliphatic rings. The molecule has 0 saturated heterocycles. The summed E-state index contributed by atoms with van der Waals surface area (Å²) in [4.78, 5) is 19.6. The van der Waals surface area contributed by atoms with Crippen LogP contribution in [-0.2, 0) is 0 Å². The zero-order chi connectivity index (χ0) is 29.7. The molecule has 0 bridgehead atoms. The Bertz CT molecular complexity index is 2480. The van der Waals surface area contributed by atoms with Crippen LogP contribution in [0.15, 0.2) is 150 Å². The highest BCUT2D eigenvalue weighted by atomic mass is 16.3. The Morgan fingerprint density at radius 2 is 1.09 bits per heavy atom. The van der Waals surface area contributed by atoms with Gasteiger partial charge in [0.1, 0.15) is 11.2 Å². The Kier molecular flexibility index (Phi) is 5.74. The van der Waals surface area contributed by atoms with Gasteiger partial charge in [0.25, 0.3) is 0 Å². The molecule has 45 heavy (non-hydrogen) atoms. The van der Waals surface area contributed by atoms with Crippen molar-refractivity contribution in [1.29, 1.82) is 0 Å². The van der Waals surface area contributed by atoms with Gasteiger partial charge in [-0.25, -0.2) is 15.0 Å². The molecule has 0 fully saturated rings. The Hall–Kier alpha value is -6.20. The van der Waals surface area contributed by atoms with Crippen LogP contribution in [0.2, 0.25) is 0 Å². The lowest BCUT2D eigenvalue weighted by Gasteiger charge is -2.12. The molecule has 0 N–H and O–H groups in total. The molecular formula is C40H24N4O. The Morgan fingerprint density at radius 1 is 0.444 bits per heavy atom. The van der Waals surface area contributed by atoms with Gasteiger partial charge in [-0.2, -0.15) is 0 Å². The highest BCUT2D eigenvalue weighted by molar-refractivity contribution is 6.20. The van der Waals surface area contributed by atoms with Gasteiger partial charge < -0.3 is 4.42 Å². The third-order valence-electron chi connectivity index (χ3n) is 8.34. The molecule has 0 saturated carbocycles. The third kappa shape index (κ3) is 4.25. The zero-order valence-electron chi connectivity index (χ0n) is 24.1. The second-order valence-corrected chi connectivity index (χ2v) is 11.1. The van der Waals surface area contributed by atoms with Crippen LogP contribution < -0.4 is 0 Å². The molecule has 5 nitrogen and oxygen atoms in total. The van der Waals surface area contributed by atoms with Gasteiger partial charge in [0.2, 0.25) is 0 Å². The standard InChI is InChI=1S/C40H24N4O/c1-3-11-26(12-4-1)38-42-39(27-13-5-2-6-14-27)44-40(43-38)29-23-28-15-7-8-17-30(28)33(24-29)31-18-9-19-32-35-34(45-37(31)32)21-20-25-16-10-22-41-36(25)35/h1-24H. The first kappa shape index (κ1) is 25.3. The molecule has 5 heteroatoms. The number of rotatable bonds is 4. The molecular weight excluding hydrogens is 552 g/mol. The largest absolute Gasteiger partial charge is 0.455 e. The molecule has 3 aromatic heterocycles. The number of aromatic nitrogens is 4. The van der Waals surface area contributed by atoms with Crippen molar-refractivity contribution < 1.29 is 4.42 Å². The van der Waals surface area contributed by atoms with Crippen LogP contribution in [0.1, 0.15) is 0 Å². The number of pyridine rings is 1. The smallest absolute Gasteiger partial charge is 0.164 e. The maximum Gasteiger partial charge on any atom is 0.164 e. The van der Waals surface area contributed by atoms with Crippen molar-refractivity contribution in [2.45, 2.75) is 0 Å². The normalized spacial score (nSPS) is 11.6. The van der Waals surface area contributed by atoms with E-state index >= 15 is 0 Å². The van der Waals surface area contributed by atoms with E-state index in [1.807, 2.05) is 79.0 Å². The summed E-state index contributed by atoms with van der Waals surface area (Å²) in [6.07, 6.45) is 1.84. The van der Waals surface area contributed by atoms with Gasteiger partial charge in [0.15, 0.2) is 17.5 Å². The molecule has 0 atom stereocenters. The fraction of sp³-hybridized carbons (Fsp3) is 0. The van der Waals surface area contributed by atoms with Crippen molar-refractivity contribution in [1.82, 2.24) is 19.9 Å². The molecule has 0 aliphatic heterocycles. The minimum Gasteiger partial charge on any atom is -0.455 e. The highest BCUT2D eigenvalue weighted by Gasteiger charge is 2.19. The molecule has 210 valence electrons. The second kappa shape index (κ2) is 10.2. The summed E-state index contributed by atoms with van der Waals surface area (Å²) < 4.78 is 6.61. The first-order chi connectivity index (χ1) is 22.3. The number of hydrogen-bond donors (Lipinski definition) is 0. The average molecular weight is 577 g/mol. The van der Waals surface area contributed by atoms with E-state index in [1.165, 1.54) is 0 Å². The van der Waals surface area contributed by atoms with Crippen molar-refractivity contribution in [2.75, 3.05) is 0 Å². The summed E-state index contributed by atoms with van der Waals surface area (Å²) in [5, 5.41) is 5.37. The molecule has 6 aromatic carbocycles. The van der Waals surface area contributed by atoms with Crippen LogP contribution in [0, 0.1) is 0 Å². The van der Waals surface area contributed by atoms with Crippen LogP contribution in [0.4, 0.5) is 0 Å². The molecule has 0 aliphatic carbocycles. The molecule has 0 spiro atoms. The summed E-state index contributed by atoms with van der Waals surface area (Å²) in [5.74, 6) is 1.88. The lowest BCUT2D eigenvalue weighted by molar-refractivity contribution is 0.670. The second-order valence-electron chi connectivity index (χ2n) is 11.1. The van der Waals surface area contributed by atoms with Crippen LogP contribution in [0.25, 0.3) is 88.9 Å². The van der Waals surface area contributed by atoms with E-state index < -0.39 is 0 Å². The topological polar surface area (TPSA) is 64.7 Å². The summed E-state index contributed by atoms with van der Waals surface area (Å²) in [5.41, 5.74) is 7.43. The minimum atomic E-state index is 0.613. The van der Waals surface area contributed by atoms with Gasteiger partial charge in [-0.15, -0.1) is 0 Å². The highest BCUT2D eigenvalue weighted by Crippen LogP contribution is 2.42. The number of nitrogens with zero attached hydrogens (tertiary/aromatic N) is 4. The molecule has 3 heterocycles. The van der Waals surface area contributed by atoms with Gasteiger partial charge in [-0.1, -0.05) is 109 Å². The molecule has 0 unspecified atom stereocenters. The van der Waals surface area contributed by atoms with Gasteiger partial charge in [0.05, 0.1) is 10.9 Å². The van der Waals surface area contributed by atoms with Crippen molar-refractivity contribution in [3.8, 4) is 45.3 Å². The van der Waals surface area contributed by atoms with Gasteiger partial charge >= 0.3 is 0 Å². The third-order valence-corrected chi connectivity index (χ3v) is 8.34. The van der Waals surface area contributed by atoms with E-state index in [-0.39, 0.29) is 0 Å².